The number of carboxylic acid groups (broad SMARTS) is 2. The fourth-order valence-corrected chi connectivity index (χ4v) is 1.43. The molecule has 6 nitrogen and oxygen atoms in total. The Kier molecular flexibility index (Phi) is 4.67. The van der Waals surface area contributed by atoms with Crippen molar-refractivity contribution in [3.63, 3.8) is 0 Å². The van der Waals surface area contributed by atoms with Crippen molar-refractivity contribution in [1.29, 1.82) is 0 Å². The number of aliphatic carboxylic acids is 2. The Morgan fingerprint density at radius 1 is 1.00 bits per heavy atom. The Balaban J connectivity index is 2.90. The molecule has 2 N–H and O–H groups in total. The fraction of sp³-hybridized carbons (Fsp3) is 0.182. The van der Waals surface area contributed by atoms with Crippen molar-refractivity contribution in [1.82, 2.24) is 4.90 Å². The molecule has 0 saturated heterocycles. The molecule has 96 valence electrons. The molecule has 0 unspecified atom stereocenters. The summed E-state index contributed by atoms with van der Waals surface area (Å²) in [4.78, 5) is 33.8. The second-order valence-electron chi connectivity index (χ2n) is 3.46. The molecule has 1 rings (SSSR count). The van der Waals surface area contributed by atoms with Crippen molar-refractivity contribution in [2.24, 2.45) is 0 Å². The number of carboxylic acids is 2. The summed E-state index contributed by atoms with van der Waals surface area (Å²) in [7, 11) is 0. The molecule has 0 aromatic heterocycles. The number of benzene rings is 1. The summed E-state index contributed by atoms with van der Waals surface area (Å²) in [5.41, 5.74) is 0.182. The average Bonchev–Trinajstić information content (AvgIpc) is 2.27. The largest absolute Gasteiger partial charge is 0.480 e. The second kappa shape index (κ2) is 6.02. The monoisotopic (exact) mass is 271 g/mol. The molecule has 1 amide bonds. The number of carbonyl (C=O) groups excluding carboxylic acids is 1. The van der Waals surface area contributed by atoms with E-state index in [0.29, 0.717) is 5.02 Å². The Hall–Kier alpha value is -2.08. The van der Waals surface area contributed by atoms with Crippen LogP contribution >= 0.6 is 11.6 Å². The van der Waals surface area contributed by atoms with Gasteiger partial charge < -0.3 is 15.1 Å². The van der Waals surface area contributed by atoms with E-state index in [0.717, 1.165) is 4.90 Å². The highest BCUT2D eigenvalue weighted by Crippen LogP contribution is 2.11. The molecule has 0 radical (unpaired) electrons. The van der Waals surface area contributed by atoms with Gasteiger partial charge in [-0.25, -0.2) is 0 Å². The van der Waals surface area contributed by atoms with E-state index in [1.165, 1.54) is 24.3 Å². The van der Waals surface area contributed by atoms with Gasteiger partial charge in [0, 0.05) is 10.6 Å². The first-order valence-corrected chi connectivity index (χ1v) is 5.26. The first-order valence-electron chi connectivity index (χ1n) is 4.88. The van der Waals surface area contributed by atoms with Crippen molar-refractivity contribution in [2.45, 2.75) is 0 Å². The van der Waals surface area contributed by atoms with E-state index in [1.54, 1.807) is 0 Å². The number of halogens is 1. The van der Waals surface area contributed by atoms with Crippen LogP contribution in [0, 0.1) is 0 Å². The van der Waals surface area contributed by atoms with Gasteiger partial charge in [0.05, 0.1) is 0 Å². The summed E-state index contributed by atoms with van der Waals surface area (Å²) < 4.78 is 0. The minimum absolute atomic E-state index is 0.182. The van der Waals surface area contributed by atoms with Crippen molar-refractivity contribution in [3.8, 4) is 0 Å². The number of nitrogens with zero attached hydrogens (tertiary/aromatic N) is 1. The fourth-order valence-electron chi connectivity index (χ4n) is 1.30. The SMILES string of the molecule is O=C(O)CN(CC(=O)O)C(=O)c1ccc(Cl)cc1. The Labute approximate surface area is 107 Å². The molecule has 0 saturated carbocycles. The van der Waals surface area contributed by atoms with Crippen molar-refractivity contribution >= 4 is 29.4 Å². The third-order valence-corrected chi connectivity index (χ3v) is 2.28. The van der Waals surface area contributed by atoms with Crippen LogP contribution in [0.1, 0.15) is 10.4 Å². The first-order chi connectivity index (χ1) is 8.40. The van der Waals surface area contributed by atoms with Gasteiger partial charge in [-0.1, -0.05) is 11.6 Å². The highest BCUT2D eigenvalue weighted by molar-refractivity contribution is 6.30. The van der Waals surface area contributed by atoms with Gasteiger partial charge in [0.25, 0.3) is 5.91 Å². The van der Waals surface area contributed by atoms with Crippen molar-refractivity contribution in [2.75, 3.05) is 13.1 Å². The van der Waals surface area contributed by atoms with Gasteiger partial charge >= 0.3 is 11.9 Å². The van der Waals surface area contributed by atoms with Crippen LogP contribution in [0.25, 0.3) is 0 Å². The van der Waals surface area contributed by atoms with Crippen LogP contribution < -0.4 is 0 Å². The predicted octanol–water partition coefficient (Wildman–Crippen LogP) is 0.951. The molecular formula is C11H10ClNO5. The van der Waals surface area contributed by atoms with E-state index in [4.69, 9.17) is 21.8 Å². The summed E-state index contributed by atoms with van der Waals surface area (Å²) in [6.45, 7) is -1.35. The van der Waals surface area contributed by atoms with E-state index in [9.17, 15) is 14.4 Å². The normalized spacial score (nSPS) is 9.83. The molecule has 0 aliphatic carbocycles. The Morgan fingerprint density at radius 3 is 1.83 bits per heavy atom. The standard InChI is InChI=1S/C11H10ClNO5/c12-8-3-1-7(2-4-8)11(18)13(5-9(14)15)6-10(16)17/h1-4H,5-6H2,(H,14,15)(H,16,17). The molecule has 0 aliphatic heterocycles. The summed E-state index contributed by atoms with van der Waals surface area (Å²) in [6.07, 6.45) is 0. The maximum atomic E-state index is 11.9. The van der Waals surface area contributed by atoms with Gasteiger partial charge in [-0.2, -0.15) is 0 Å². The summed E-state index contributed by atoms with van der Waals surface area (Å²) in [5.74, 6) is -3.23. The van der Waals surface area contributed by atoms with Gasteiger partial charge in [0.15, 0.2) is 0 Å². The summed E-state index contributed by atoms with van der Waals surface area (Å²) in [6, 6.07) is 5.74. The molecule has 0 bridgehead atoms. The Morgan fingerprint density at radius 2 is 1.44 bits per heavy atom. The van der Waals surface area contributed by atoms with Gasteiger partial charge in [-0.3, -0.25) is 14.4 Å². The maximum absolute atomic E-state index is 11.9. The van der Waals surface area contributed by atoms with E-state index in [1.807, 2.05) is 0 Å². The minimum Gasteiger partial charge on any atom is -0.480 e. The number of rotatable bonds is 5. The lowest BCUT2D eigenvalue weighted by molar-refractivity contribution is -0.140. The zero-order chi connectivity index (χ0) is 13.7. The van der Waals surface area contributed by atoms with E-state index in [2.05, 4.69) is 0 Å². The summed E-state index contributed by atoms with van der Waals surface area (Å²) in [5, 5.41) is 17.7. The maximum Gasteiger partial charge on any atom is 0.323 e. The van der Waals surface area contributed by atoms with E-state index in [-0.39, 0.29) is 5.56 Å². The quantitative estimate of drug-likeness (QED) is 0.831. The number of hydrogen-bond acceptors (Lipinski definition) is 3. The molecule has 0 heterocycles. The lowest BCUT2D eigenvalue weighted by atomic mass is 10.2. The van der Waals surface area contributed by atoms with Crippen LogP contribution in [0.5, 0.6) is 0 Å². The van der Waals surface area contributed by atoms with Crippen molar-refractivity contribution in [3.05, 3.63) is 34.9 Å². The summed E-state index contributed by atoms with van der Waals surface area (Å²) >= 11 is 5.65. The van der Waals surface area contributed by atoms with Crippen LogP contribution in [0.4, 0.5) is 0 Å². The van der Waals surface area contributed by atoms with Gasteiger partial charge in [0.1, 0.15) is 13.1 Å². The van der Waals surface area contributed by atoms with Gasteiger partial charge in [0.2, 0.25) is 0 Å². The molecule has 0 atom stereocenters. The van der Waals surface area contributed by atoms with Crippen LogP contribution in [0.2, 0.25) is 5.02 Å². The smallest absolute Gasteiger partial charge is 0.323 e. The zero-order valence-corrected chi connectivity index (χ0v) is 9.92. The van der Waals surface area contributed by atoms with Crippen LogP contribution in [-0.2, 0) is 9.59 Å². The zero-order valence-electron chi connectivity index (χ0n) is 9.17. The van der Waals surface area contributed by atoms with E-state index < -0.39 is 30.9 Å². The molecule has 1 aromatic carbocycles. The number of amides is 1. The molecular weight excluding hydrogens is 262 g/mol. The predicted molar refractivity (Wildman–Crippen MR) is 62.6 cm³/mol. The van der Waals surface area contributed by atoms with Crippen LogP contribution in [-0.4, -0.2) is 46.0 Å². The third kappa shape index (κ3) is 4.06. The lowest BCUT2D eigenvalue weighted by Gasteiger charge is -2.18. The highest BCUT2D eigenvalue weighted by Gasteiger charge is 2.20. The molecule has 0 spiro atoms. The molecule has 18 heavy (non-hydrogen) atoms. The minimum atomic E-state index is -1.28. The van der Waals surface area contributed by atoms with E-state index >= 15 is 0 Å². The van der Waals surface area contributed by atoms with Gasteiger partial charge in [-0.05, 0) is 24.3 Å². The highest BCUT2D eigenvalue weighted by atomic mass is 35.5. The second-order valence-corrected chi connectivity index (χ2v) is 3.89. The average molecular weight is 272 g/mol. The number of carbonyl (C=O) groups is 3. The first kappa shape index (κ1) is 14.0. The molecule has 0 aliphatic rings. The van der Waals surface area contributed by atoms with Crippen LogP contribution in [0.15, 0.2) is 24.3 Å². The number of hydrogen-bond donors (Lipinski definition) is 2. The van der Waals surface area contributed by atoms with Crippen molar-refractivity contribution < 1.29 is 24.6 Å². The molecule has 0 fully saturated rings. The van der Waals surface area contributed by atoms with Crippen LogP contribution in [0.3, 0.4) is 0 Å². The topological polar surface area (TPSA) is 94.9 Å². The Bertz CT molecular complexity index is 455. The van der Waals surface area contributed by atoms with Gasteiger partial charge in [-0.15, -0.1) is 0 Å². The third-order valence-electron chi connectivity index (χ3n) is 2.03. The molecule has 7 heteroatoms. The molecule has 1 aromatic rings. The lowest BCUT2D eigenvalue weighted by Crippen LogP contribution is -2.39.